The Morgan fingerprint density at radius 1 is 1.20 bits per heavy atom. The molecule has 0 unspecified atom stereocenters. The first-order valence-electron chi connectivity index (χ1n) is 5.00. The van der Waals surface area contributed by atoms with Crippen LogP contribution in [0.5, 0.6) is 0 Å². The SMILES string of the molecule is Cc1cccc(C2CCNCC2)n1.Cl.Cl. The zero-order valence-corrected chi connectivity index (χ0v) is 10.5. The number of pyridine rings is 1. The van der Waals surface area contributed by atoms with Crippen LogP contribution in [-0.4, -0.2) is 18.1 Å². The lowest BCUT2D eigenvalue weighted by molar-refractivity contribution is 0.453. The summed E-state index contributed by atoms with van der Waals surface area (Å²) >= 11 is 0. The molecule has 0 spiro atoms. The van der Waals surface area contributed by atoms with Crippen molar-refractivity contribution in [2.24, 2.45) is 0 Å². The first-order chi connectivity index (χ1) is 6.36. The molecule has 1 aliphatic rings. The minimum atomic E-state index is 0. The molecule has 1 fully saturated rings. The molecular weight excluding hydrogens is 231 g/mol. The lowest BCUT2D eigenvalue weighted by Gasteiger charge is -2.22. The lowest BCUT2D eigenvalue weighted by atomic mass is 9.94. The van der Waals surface area contributed by atoms with Crippen LogP contribution in [0.25, 0.3) is 0 Å². The quantitative estimate of drug-likeness (QED) is 0.827. The number of aromatic nitrogens is 1. The van der Waals surface area contributed by atoms with Gasteiger partial charge in [-0.05, 0) is 45.0 Å². The third-order valence-corrected chi connectivity index (χ3v) is 2.67. The predicted molar refractivity (Wildman–Crippen MR) is 68.3 cm³/mol. The van der Waals surface area contributed by atoms with E-state index in [1.807, 2.05) is 0 Å². The van der Waals surface area contributed by atoms with Gasteiger partial charge in [0.15, 0.2) is 0 Å². The highest BCUT2D eigenvalue weighted by atomic mass is 35.5. The summed E-state index contributed by atoms with van der Waals surface area (Å²) in [5.74, 6) is 0.682. The number of halogens is 2. The van der Waals surface area contributed by atoms with Crippen LogP contribution in [0.1, 0.15) is 30.1 Å². The van der Waals surface area contributed by atoms with Gasteiger partial charge in [-0.15, -0.1) is 24.8 Å². The summed E-state index contributed by atoms with van der Waals surface area (Å²) in [5.41, 5.74) is 2.41. The van der Waals surface area contributed by atoms with Crippen molar-refractivity contribution in [1.82, 2.24) is 10.3 Å². The van der Waals surface area contributed by atoms with Gasteiger partial charge in [0.2, 0.25) is 0 Å². The number of piperidine rings is 1. The van der Waals surface area contributed by atoms with Gasteiger partial charge in [0.25, 0.3) is 0 Å². The highest BCUT2D eigenvalue weighted by Gasteiger charge is 2.15. The molecule has 1 aliphatic heterocycles. The molecule has 2 heterocycles. The van der Waals surface area contributed by atoms with Crippen molar-refractivity contribution in [3.8, 4) is 0 Å². The Morgan fingerprint density at radius 2 is 1.87 bits per heavy atom. The van der Waals surface area contributed by atoms with E-state index in [1.165, 1.54) is 18.5 Å². The summed E-state index contributed by atoms with van der Waals surface area (Å²) in [6.45, 7) is 4.34. The van der Waals surface area contributed by atoms with E-state index in [4.69, 9.17) is 0 Å². The molecular formula is C11H18Cl2N2. The van der Waals surface area contributed by atoms with Crippen molar-refractivity contribution in [3.63, 3.8) is 0 Å². The van der Waals surface area contributed by atoms with Gasteiger partial charge in [0.1, 0.15) is 0 Å². The van der Waals surface area contributed by atoms with Crippen LogP contribution in [0, 0.1) is 6.92 Å². The number of nitrogens with one attached hydrogen (secondary N) is 1. The highest BCUT2D eigenvalue weighted by molar-refractivity contribution is 5.85. The van der Waals surface area contributed by atoms with Crippen molar-refractivity contribution in [2.45, 2.75) is 25.7 Å². The molecule has 0 bridgehead atoms. The Hall–Kier alpha value is -0.310. The molecule has 4 heteroatoms. The molecule has 2 nitrogen and oxygen atoms in total. The van der Waals surface area contributed by atoms with E-state index in [-0.39, 0.29) is 24.8 Å². The number of nitrogens with zero attached hydrogens (tertiary/aromatic N) is 1. The number of aryl methyl sites for hydroxylation is 1. The molecule has 0 atom stereocenters. The minimum Gasteiger partial charge on any atom is -0.317 e. The summed E-state index contributed by atoms with van der Waals surface area (Å²) in [5, 5.41) is 3.37. The van der Waals surface area contributed by atoms with Gasteiger partial charge >= 0.3 is 0 Å². The maximum absolute atomic E-state index is 4.57. The smallest absolute Gasteiger partial charge is 0.0438 e. The molecule has 0 saturated carbocycles. The molecule has 0 aromatic carbocycles. The second-order valence-electron chi connectivity index (χ2n) is 3.73. The van der Waals surface area contributed by atoms with Crippen LogP contribution in [0.2, 0.25) is 0 Å². The highest BCUT2D eigenvalue weighted by Crippen LogP contribution is 2.23. The molecule has 0 radical (unpaired) electrons. The number of hydrogen-bond acceptors (Lipinski definition) is 2. The molecule has 0 amide bonds. The largest absolute Gasteiger partial charge is 0.317 e. The van der Waals surface area contributed by atoms with Gasteiger partial charge in [-0.25, -0.2) is 0 Å². The number of rotatable bonds is 1. The monoisotopic (exact) mass is 248 g/mol. The predicted octanol–water partition coefficient (Wildman–Crippen LogP) is 2.70. The van der Waals surface area contributed by atoms with Gasteiger partial charge in [0, 0.05) is 17.3 Å². The molecule has 1 aromatic rings. The van der Waals surface area contributed by atoms with Gasteiger partial charge in [-0.3, -0.25) is 4.98 Å². The second-order valence-corrected chi connectivity index (χ2v) is 3.73. The van der Waals surface area contributed by atoms with Gasteiger partial charge in [-0.1, -0.05) is 6.07 Å². The van der Waals surface area contributed by atoms with E-state index in [2.05, 4.69) is 35.4 Å². The van der Waals surface area contributed by atoms with Crippen molar-refractivity contribution in [3.05, 3.63) is 29.6 Å². The molecule has 2 rings (SSSR count). The van der Waals surface area contributed by atoms with E-state index >= 15 is 0 Å². The van der Waals surface area contributed by atoms with Crippen LogP contribution in [0.3, 0.4) is 0 Å². The van der Waals surface area contributed by atoms with Crippen molar-refractivity contribution in [2.75, 3.05) is 13.1 Å². The van der Waals surface area contributed by atoms with E-state index in [1.54, 1.807) is 0 Å². The third kappa shape index (κ3) is 3.98. The average Bonchev–Trinajstić information content (AvgIpc) is 2.19. The molecule has 0 aliphatic carbocycles. The Balaban J connectivity index is 0.000000980. The Bertz CT molecular complexity index is 286. The fourth-order valence-corrected chi connectivity index (χ4v) is 1.91. The standard InChI is InChI=1S/C11H16N2.2ClH/c1-9-3-2-4-11(13-9)10-5-7-12-8-6-10;;/h2-4,10,12H,5-8H2,1H3;2*1H. The van der Waals surface area contributed by atoms with E-state index in [0.29, 0.717) is 5.92 Å². The van der Waals surface area contributed by atoms with E-state index in [9.17, 15) is 0 Å². The maximum atomic E-state index is 4.57. The average molecular weight is 249 g/mol. The van der Waals surface area contributed by atoms with Gasteiger partial charge < -0.3 is 5.32 Å². The van der Waals surface area contributed by atoms with Crippen molar-refractivity contribution >= 4 is 24.8 Å². The van der Waals surface area contributed by atoms with E-state index < -0.39 is 0 Å². The first-order valence-corrected chi connectivity index (χ1v) is 5.00. The summed E-state index contributed by atoms with van der Waals surface area (Å²) < 4.78 is 0. The topological polar surface area (TPSA) is 24.9 Å². The Kier molecular flexibility index (Phi) is 6.90. The first kappa shape index (κ1) is 14.7. The summed E-state index contributed by atoms with van der Waals surface area (Å²) in [7, 11) is 0. The maximum Gasteiger partial charge on any atom is 0.0438 e. The van der Waals surface area contributed by atoms with Crippen LogP contribution in [0.15, 0.2) is 18.2 Å². The molecule has 15 heavy (non-hydrogen) atoms. The van der Waals surface area contributed by atoms with Crippen LogP contribution in [-0.2, 0) is 0 Å². The molecule has 1 N–H and O–H groups in total. The zero-order chi connectivity index (χ0) is 9.10. The molecule has 86 valence electrons. The summed E-state index contributed by atoms with van der Waals surface area (Å²) in [6, 6.07) is 6.33. The summed E-state index contributed by atoms with van der Waals surface area (Å²) in [4.78, 5) is 4.57. The fourth-order valence-electron chi connectivity index (χ4n) is 1.91. The second kappa shape index (κ2) is 7.04. The van der Waals surface area contributed by atoms with Crippen LogP contribution >= 0.6 is 24.8 Å². The third-order valence-electron chi connectivity index (χ3n) is 2.67. The zero-order valence-electron chi connectivity index (χ0n) is 8.90. The van der Waals surface area contributed by atoms with Crippen LogP contribution < -0.4 is 5.32 Å². The van der Waals surface area contributed by atoms with Crippen molar-refractivity contribution in [1.29, 1.82) is 0 Å². The Morgan fingerprint density at radius 3 is 2.47 bits per heavy atom. The van der Waals surface area contributed by atoms with Crippen LogP contribution in [0.4, 0.5) is 0 Å². The Labute approximate surface area is 104 Å². The molecule has 1 saturated heterocycles. The number of hydrogen-bond donors (Lipinski definition) is 1. The minimum absolute atomic E-state index is 0. The molecule has 1 aromatic heterocycles. The lowest BCUT2D eigenvalue weighted by Crippen LogP contribution is -2.27. The normalized spacial score (nSPS) is 16.3. The fraction of sp³-hybridized carbons (Fsp3) is 0.545. The van der Waals surface area contributed by atoms with E-state index in [0.717, 1.165) is 18.8 Å². The summed E-state index contributed by atoms with van der Waals surface area (Å²) in [6.07, 6.45) is 2.47. The van der Waals surface area contributed by atoms with Gasteiger partial charge in [-0.2, -0.15) is 0 Å². The van der Waals surface area contributed by atoms with Crippen molar-refractivity contribution < 1.29 is 0 Å². The van der Waals surface area contributed by atoms with Gasteiger partial charge in [0.05, 0.1) is 0 Å².